The van der Waals surface area contributed by atoms with Crippen molar-refractivity contribution in [2.75, 3.05) is 6.54 Å². The fraction of sp³-hybridized carbons (Fsp3) is 0.538. The van der Waals surface area contributed by atoms with E-state index in [1.165, 1.54) is 6.07 Å². The van der Waals surface area contributed by atoms with E-state index in [4.69, 9.17) is 28.9 Å². The van der Waals surface area contributed by atoms with Gasteiger partial charge in [-0.05, 0) is 31.4 Å². The van der Waals surface area contributed by atoms with Gasteiger partial charge in [-0.25, -0.2) is 13.1 Å². The number of nitrogens with two attached hydrogens (primary N) is 1. The van der Waals surface area contributed by atoms with Crippen LogP contribution >= 0.6 is 35.6 Å². The van der Waals surface area contributed by atoms with Gasteiger partial charge < -0.3 is 5.73 Å². The second-order valence-electron chi connectivity index (χ2n) is 5.52. The van der Waals surface area contributed by atoms with Crippen molar-refractivity contribution in [3.63, 3.8) is 0 Å². The number of halogens is 3. The third kappa shape index (κ3) is 5.58. The van der Waals surface area contributed by atoms with Crippen molar-refractivity contribution in [2.24, 2.45) is 11.7 Å². The lowest BCUT2D eigenvalue weighted by atomic mass is 9.92. The van der Waals surface area contributed by atoms with Crippen LogP contribution in [0.3, 0.4) is 0 Å². The number of sulfonamides is 1. The molecule has 4 nitrogen and oxygen atoms in total. The molecule has 3 N–H and O–H groups in total. The molecule has 0 spiro atoms. The molecule has 0 saturated heterocycles. The first-order valence-electron chi connectivity index (χ1n) is 6.29. The van der Waals surface area contributed by atoms with Crippen LogP contribution in [0, 0.1) is 5.92 Å². The number of nitrogens with one attached hydrogen (secondary N) is 1. The van der Waals surface area contributed by atoms with Crippen LogP contribution in [-0.2, 0) is 10.0 Å². The summed E-state index contributed by atoms with van der Waals surface area (Å²) < 4.78 is 27.5. The van der Waals surface area contributed by atoms with Crippen molar-refractivity contribution in [3.8, 4) is 0 Å². The molecule has 0 aliphatic carbocycles. The molecule has 1 atom stereocenters. The largest absolute Gasteiger partial charge is 0.329 e. The number of benzene rings is 1. The minimum absolute atomic E-state index is 0. The van der Waals surface area contributed by atoms with E-state index in [0.717, 1.165) is 0 Å². The standard InChI is InChI=1S/C13H20Cl2N2O2S.ClH/c1-9(2)7-13(3,8-16)17-20(18,19)11-6-4-5-10(14)12(11)15;/h4-6,9,17H,7-8,16H2,1-3H3;1H. The Balaban J connectivity index is 0.00000400. The summed E-state index contributed by atoms with van der Waals surface area (Å²) in [5.74, 6) is 0.307. The van der Waals surface area contributed by atoms with Gasteiger partial charge in [0.25, 0.3) is 0 Å². The SMILES string of the molecule is CC(C)CC(C)(CN)NS(=O)(=O)c1cccc(Cl)c1Cl.Cl. The Kier molecular flexibility index (Phi) is 7.98. The molecule has 0 radical (unpaired) electrons. The molecule has 1 aromatic rings. The highest BCUT2D eigenvalue weighted by Crippen LogP contribution is 2.30. The monoisotopic (exact) mass is 374 g/mol. The first-order chi connectivity index (χ1) is 9.11. The average molecular weight is 376 g/mol. The van der Waals surface area contributed by atoms with Gasteiger partial charge in [-0.2, -0.15) is 0 Å². The normalized spacial score (nSPS) is 14.6. The summed E-state index contributed by atoms with van der Waals surface area (Å²) in [6, 6.07) is 4.51. The smallest absolute Gasteiger partial charge is 0.242 e. The van der Waals surface area contributed by atoms with Gasteiger partial charge in [0.15, 0.2) is 0 Å². The highest BCUT2D eigenvalue weighted by molar-refractivity contribution is 7.89. The molecule has 0 heterocycles. The van der Waals surface area contributed by atoms with Crippen LogP contribution in [0.15, 0.2) is 23.1 Å². The Morgan fingerprint density at radius 2 is 1.90 bits per heavy atom. The van der Waals surface area contributed by atoms with Gasteiger partial charge in [0.2, 0.25) is 10.0 Å². The van der Waals surface area contributed by atoms with Crippen LogP contribution in [0.2, 0.25) is 10.0 Å². The fourth-order valence-corrected chi connectivity index (χ4v) is 4.33. The van der Waals surface area contributed by atoms with Crippen LogP contribution < -0.4 is 10.5 Å². The van der Waals surface area contributed by atoms with E-state index in [9.17, 15) is 8.42 Å². The maximum atomic E-state index is 12.5. The molecule has 0 aromatic heterocycles. The molecule has 1 rings (SSSR count). The zero-order valence-electron chi connectivity index (χ0n) is 12.2. The molecule has 1 unspecified atom stereocenters. The summed E-state index contributed by atoms with van der Waals surface area (Å²) in [7, 11) is -3.78. The number of rotatable bonds is 6. The van der Waals surface area contributed by atoms with E-state index in [-0.39, 0.29) is 33.9 Å². The van der Waals surface area contributed by atoms with Crippen molar-refractivity contribution >= 4 is 45.6 Å². The zero-order valence-corrected chi connectivity index (χ0v) is 15.3. The molecule has 21 heavy (non-hydrogen) atoms. The average Bonchev–Trinajstić information content (AvgIpc) is 2.30. The van der Waals surface area contributed by atoms with E-state index >= 15 is 0 Å². The molecule has 1 aromatic carbocycles. The molecule has 0 amide bonds. The van der Waals surface area contributed by atoms with Crippen LogP contribution in [0.4, 0.5) is 0 Å². The Bertz CT molecular complexity index is 579. The van der Waals surface area contributed by atoms with Gasteiger partial charge >= 0.3 is 0 Å². The lowest BCUT2D eigenvalue weighted by Gasteiger charge is -2.31. The molecule has 8 heteroatoms. The summed E-state index contributed by atoms with van der Waals surface area (Å²) in [6.45, 7) is 5.99. The lowest BCUT2D eigenvalue weighted by molar-refractivity contribution is 0.344. The molecule has 0 aliphatic heterocycles. The molecular weight excluding hydrogens is 355 g/mol. The second-order valence-corrected chi connectivity index (χ2v) is 7.96. The van der Waals surface area contributed by atoms with Crippen LogP contribution in [0.1, 0.15) is 27.2 Å². The van der Waals surface area contributed by atoms with Gasteiger partial charge in [-0.1, -0.05) is 43.1 Å². The van der Waals surface area contributed by atoms with Crippen molar-refractivity contribution in [2.45, 2.75) is 37.6 Å². The van der Waals surface area contributed by atoms with E-state index in [1.54, 1.807) is 19.1 Å². The number of hydrogen-bond donors (Lipinski definition) is 2. The third-order valence-electron chi connectivity index (χ3n) is 2.90. The Hall–Kier alpha value is -0.0400. The second kappa shape index (κ2) is 7.99. The Morgan fingerprint density at radius 3 is 2.38 bits per heavy atom. The summed E-state index contributed by atoms with van der Waals surface area (Å²) in [6.07, 6.45) is 0.626. The maximum absolute atomic E-state index is 12.5. The maximum Gasteiger partial charge on any atom is 0.242 e. The van der Waals surface area contributed by atoms with Gasteiger partial charge in [-0.15, -0.1) is 12.4 Å². The summed E-state index contributed by atoms with van der Waals surface area (Å²) in [5, 5.41) is 0.221. The summed E-state index contributed by atoms with van der Waals surface area (Å²) >= 11 is 11.8. The zero-order chi connectivity index (χ0) is 15.6. The molecule has 122 valence electrons. The Morgan fingerprint density at radius 1 is 1.33 bits per heavy atom. The molecule has 0 fully saturated rings. The molecule has 0 saturated carbocycles. The topological polar surface area (TPSA) is 72.2 Å². The first-order valence-corrected chi connectivity index (χ1v) is 8.53. The molecular formula is C13H21Cl3N2O2S. The van der Waals surface area contributed by atoms with Crippen molar-refractivity contribution in [1.29, 1.82) is 0 Å². The lowest BCUT2D eigenvalue weighted by Crippen LogP contribution is -2.52. The minimum Gasteiger partial charge on any atom is -0.329 e. The van der Waals surface area contributed by atoms with Gasteiger partial charge in [-0.3, -0.25) is 0 Å². The highest BCUT2D eigenvalue weighted by atomic mass is 35.5. The quantitative estimate of drug-likeness (QED) is 0.799. The predicted octanol–water partition coefficient (Wildman–Crippen LogP) is 3.46. The molecule has 0 aliphatic rings. The highest BCUT2D eigenvalue weighted by Gasteiger charge is 2.31. The molecule has 0 bridgehead atoms. The van der Waals surface area contributed by atoms with E-state index in [0.29, 0.717) is 12.3 Å². The van der Waals surface area contributed by atoms with Crippen LogP contribution in [0.5, 0.6) is 0 Å². The van der Waals surface area contributed by atoms with E-state index < -0.39 is 15.6 Å². The van der Waals surface area contributed by atoms with Gasteiger partial charge in [0.1, 0.15) is 4.90 Å². The van der Waals surface area contributed by atoms with Crippen LogP contribution in [0.25, 0.3) is 0 Å². The Labute approximate surface area is 142 Å². The van der Waals surface area contributed by atoms with Crippen molar-refractivity contribution in [1.82, 2.24) is 4.72 Å². The number of hydrogen-bond acceptors (Lipinski definition) is 3. The summed E-state index contributed by atoms with van der Waals surface area (Å²) in [4.78, 5) is -0.0323. The van der Waals surface area contributed by atoms with Gasteiger partial charge in [0.05, 0.1) is 10.0 Å². The third-order valence-corrected chi connectivity index (χ3v) is 5.51. The summed E-state index contributed by atoms with van der Waals surface area (Å²) in [5.41, 5.74) is 5.00. The van der Waals surface area contributed by atoms with Gasteiger partial charge in [0, 0.05) is 12.1 Å². The van der Waals surface area contributed by atoms with E-state index in [1.807, 2.05) is 13.8 Å². The van der Waals surface area contributed by atoms with Crippen LogP contribution in [-0.4, -0.2) is 20.5 Å². The van der Waals surface area contributed by atoms with Crippen molar-refractivity contribution in [3.05, 3.63) is 28.2 Å². The minimum atomic E-state index is -3.78. The predicted molar refractivity (Wildman–Crippen MR) is 90.9 cm³/mol. The first kappa shape index (κ1) is 21.0. The fourth-order valence-electron chi connectivity index (χ4n) is 2.14. The van der Waals surface area contributed by atoms with E-state index in [2.05, 4.69) is 4.72 Å². The van der Waals surface area contributed by atoms with Crippen molar-refractivity contribution < 1.29 is 8.42 Å².